The Morgan fingerprint density at radius 1 is 1.20 bits per heavy atom. The van der Waals surface area contributed by atoms with Gasteiger partial charge in [-0.2, -0.15) is 8.78 Å². The number of nitrogens with zero attached hydrogens (tertiary/aromatic N) is 1. The molecule has 1 heterocycles. The maximum absolute atomic E-state index is 12.5. The second-order valence-corrected chi connectivity index (χ2v) is 6.46. The Labute approximate surface area is 174 Å². The molecule has 1 N–H and O–H groups in total. The van der Waals surface area contributed by atoms with Crippen molar-refractivity contribution in [2.24, 2.45) is 0 Å². The molecule has 0 aliphatic carbocycles. The molecular weight excluding hydrogens is 394 g/mol. The van der Waals surface area contributed by atoms with Gasteiger partial charge in [-0.15, -0.1) is 0 Å². The number of nitrogens with one attached hydrogen (secondary N) is 1. The van der Waals surface area contributed by atoms with Gasteiger partial charge in [0.1, 0.15) is 0 Å². The second kappa shape index (κ2) is 10.6. The van der Waals surface area contributed by atoms with E-state index in [0.717, 1.165) is 18.8 Å². The Bertz CT molecular complexity index is 883. The number of anilines is 2. The van der Waals surface area contributed by atoms with E-state index in [4.69, 9.17) is 9.47 Å². The zero-order chi connectivity index (χ0) is 21.3. The molecule has 0 aromatic heterocycles. The first kappa shape index (κ1) is 21.6. The van der Waals surface area contributed by atoms with E-state index in [-0.39, 0.29) is 17.4 Å². The zero-order valence-electron chi connectivity index (χ0n) is 16.6. The van der Waals surface area contributed by atoms with E-state index in [1.807, 2.05) is 24.3 Å². The smallest absolute Gasteiger partial charge is 0.387 e. The lowest BCUT2D eigenvalue weighted by molar-refractivity contribution is -0.111. The fraction of sp³-hybridized carbons (Fsp3) is 0.318. The highest BCUT2D eigenvalue weighted by molar-refractivity contribution is 6.03. The van der Waals surface area contributed by atoms with Crippen LogP contribution in [-0.2, 0) is 9.53 Å². The summed E-state index contributed by atoms with van der Waals surface area (Å²) in [6.07, 6.45) is 2.97. The summed E-state index contributed by atoms with van der Waals surface area (Å²) in [5, 5.41) is 2.89. The monoisotopic (exact) mass is 418 g/mol. The number of carbonyl (C=O) groups is 1. The van der Waals surface area contributed by atoms with Gasteiger partial charge in [-0.3, -0.25) is 4.79 Å². The van der Waals surface area contributed by atoms with Crippen molar-refractivity contribution in [3.05, 3.63) is 54.1 Å². The number of ether oxygens (including phenoxy) is 3. The third kappa shape index (κ3) is 5.93. The fourth-order valence-electron chi connectivity index (χ4n) is 3.10. The minimum Gasteiger partial charge on any atom is -0.490 e. The van der Waals surface area contributed by atoms with Gasteiger partial charge in [0.05, 0.1) is 31.2 Å². The van der Waals surface area contributed by atoms with Gasteiger partial charge in [-0.1, -0.05) is 18.2 Å². The quantitative estimate of drug-likeness (QED) is 0.652. The molecule has 1 fully saturated rings. The molecule has 0 unspecified atom stereocenters. The molecule has 0 saturated carbocycles. The molecule has 0 spiro atoms. The van der Waals surface area contributed by atoms with Crippen LogP contribution in [0.5, 0.6) is 11.5 Å². The molecule has 160 valence electrons. The van der Waals surface area contributed by atoms with Crippen LogP contribution >= 0.6 is 0 Å². The number of halogens is 2. The summed E-state index contributed by atoms with van der Waals surface area (Å²) in [5.74, 6) is -0.160. The molecule has 8 heteroatoms. The first-order chi connectivity index (χ1) is 14.6. The van der Waals surface area contributed by atoms with E-state index >= 15 is 0 Å². The molecule has 0 atom stereocenters. The topological polar surface area (TPSA) is 60.0 Å². The summed E-state index contributed by atoms with van der Waals surface area (Å²) in [7, 11) is 0. The third-order valence-electron chi connectivity index (χ3n) is 4.42. The van der Waals surface area contributed by atoms with Crippen molar-refractivity contribution < 1.29 is 27.8 Å². The van der Waals surface area contributed by atoms with Gasteiger partial charge >= 0.3 is 6.61 Å². The van der Waals surface area contributed by atoms with Gasteiger partial charge in [0.15, 0.2) is 11.5 Å². The van der Waals surface area contributed by atoms with Gasteiger partial charge in [0, 0.05) is 19.2 Å². The first-order valence-electron chi connectivity index (χ1n) is 9.69. The summed E-state index contributed by atoms with van der Waals surface area (Å²) in [6.45, 7) is 1.92. The van der Waals surface area contributed by atoms with Crippen molar-refractivity contribution in [1.29, 1.82) is 0 Å². The largest absolute Gasteiger partial charge is 0.490 e. The molecule has 30 heavy (non-hydrogen) atoms. The summed E-state index contributed by atoms with van der Waals surface area (Å²) < 4.78 is 40.2. The predicted octanol–water partition coefficient (Wildman–Crippen LogP) is 4.18. The summed E-state index contributed by atoms with van der Waals surface area (Å²) in [4.78, 5) is 14.6. The van der Waals surface area contributed by atoms with Gasteiger partial charge in [-0.25, -0.2) is 0 Å². The number of hydrogen-bond donors (Lipinski definition) is 1. The molecule has 3 rings (SSSR count). The summed E-state index contributed by atoms with van der Waals surface area (Å²) in [6, 6.07) is 12.1. The van der Waals surface area contributed by atoms with E-state index in [1.54, 1.807) is 25.1 Å². The minimum atomic E-state index is -2.94. The van der Waals surface area contributed by atoms with Crippen LogP contribution in [0, 0.1) is 0 Å². The summed E-state index contributed by atoms with van der Waals surface area (Å²) >= 11 is 0. The number of amides is 1. The SMILES string of the molecule is CCOc1cc(C=CC(=O)Nc2ccccc2N2CCOCC2)ccc1OC(F)F. The molecule has 0 radical (unpaired) electrons. The van der Waals surface area contributed by atoms with Crippen LogP contribution in [0.15, 0.2) is 48.5 Å². The van der Waals surface area contributed by atoms with Gasteiger partial charge in [-0.05, 0) is 42.8 Å². The molecule has 2 aromatic rings. The molecule has 1 saturated heterocycles. The van der Waals surface area contributed by atoms with Crippen LogP contribution in [0.1, 0.15) is 12.5 Å². The molecule has 1 aliphatic rings. The number of carbonyl (C=O) groups excluding carboxylic acids is 1. The predicted molar refractivity (Wildman–Crippen MR) is 111 cm³/mol. The van der Waals surface area contributed by atoms with Crippen LogP contribution in [0.25, 0.3) is 6.08 Å². The Morgan fingerprint density at radius 3 is 2.70 bits per heavy atom. The number of para-hydroxylation sites is 2. The van der Waals surface area contributed by atoms with Crippen molar-refractivity contribution in [3.63, 3.8) is 0 Å². The van der Waals surface area contributed by atoms with Crippen LogP contribution in [0.4, 0.5) is 20.2 Å². The highest BCUT2D eigenvalue weighted by atomic mass is 19.3. The van der Waals surface area contributed by atoms with Crippen LogP contribution in [-0.4, -0.2) is 45.4 Å². The molecule has 1 aliphatic heterocycles. The van der Waals surface area contributed by atoms with Crippen molar-refractivity contribution in [3.8, 4) is 11.5 Å². The summed E-state index contributed by atoms with van der Waals surface area (Å²) in [5.41, 5.74) is 2.27. The number of hydrogen-bond acceptors (Lipinski definition) is 5. The highest BCUT2D eigenvalue weighted by Gasteiger charge is 2.15. The Balaban J connectivity index is 1.70. The van der Waals surface area contributed by atoms with E-state index in [9.17, 15) is 13.6 Å². The second-order valence-electron chi connectivity index (χ2n) is 6.46. The lowest BCUT2D eigenvalue weighted by atomic mass is 10.2. The average molecular weight is 418 g/mol. The van der Waals surface area contributed by atoms with E-state index < -0.39 is 6.61 Å². The van der Waals surface area contributed by atoms with Gasteiger partial charge < -0.3 is 24.4 Å². The molecular formula is C22H24F2N2O4. The van der Waals surface area contributed by atoms with Crippen LogP contribution < -0.4 is 19.7 Å². The zero-order valence-corrected chi connectivity index (χ0v) is 16.6. The fourth-order valence-corrected chi connectivity index (χ4v) is 3.10. The average Bonchev–Trinajstić information content (AvgIpc) is 2.75. The Kier molecular flexibility index (Phi) is 7.62. The number of morpholine rings is 1. The lowest BCUT2D eigenvalue weighted by Crippen LogP contribution is -2.36. The lowest BCUT2D eigenvalue weighted by Gasteiger charge is -2.30. The Morgan fingerprint density at radius 2 is 1.97 bits per heavy atom. The number of rotatable bonds is 8. The minimum absolute atomic E-state index is 0.0482. The maximum atomic E-state index is 12.5. The maximum Gasteiger partial charge on any atom is 0.387 e. The normalized spacial score (nSPS) is 14.2. The van der Waals surface area contributed by atoms with Crippen molar-refractivity contribution >= 4 is 23.4 Å². The number of benzene rings is 2. The van der Waals surface area contributed by atoms with E-state index in [2.05, 4.69) is 15.0 Å². The molecule has 2 aromatic carbocycles. The van der Waals surface area contributed by atoms with Crippen molar-refractivity contribution in [2.75, 3.05) is 43.1 Å². The molecule has 0 bridgehead atoms. The first-order valence-corrected chi connectivity index (χ1v) is 9.69. The third-order valence-corrected chi connectivity index (χ3v) is 4.42. The highest BCUT2D eigenvalue weighted by Crippen LogP contribution is 2.30. The Hall–Kier alpha value is -3.13. The number of alkyl halides is 2. The van der Waals surface area contributed by atoms with Gasteiger partial charge in [0.2, 0.25) is 5.91 Å². The van der Waals surface area contributed by atoms with Crippen LogP contribution in [0.3, 0.4) is 0 Å². The van der Waals surface area contributed by atoms with Gasteiger partial charge in [0.25, 0.3) is 0 Å². The standard InChI is InChI=1S/C22H24F2N2O4/c1-2-29-20-15-16(7-9-19(20)30-22(23)24)8-10-21(27)25-17-5-3-4-6-18(17)26-11-13-28-14-12-26/h3-10,15,22H,2,11-14H2,1H3,(H,25,27). The van der Waals surface area contributed by atoms with E-state index in [0.29, 0.717) is 31.1 Å². The van der Waals surface area contributed by atoms with Crippen molar-refractivity contribution in [2.45, 2.75) is 13.5 Å². The van der Waals surface area contributed by atoms with Crippen LogP contribution in [0.2, 0.25) is 0 Å². The molecule has 6 nitrogen and oxygen atoms in total. The molecule has 1 amide bonds. The van der Waals surface area contributed by atoms with Crippen molar-refractivity contribution in [1.82, 2.24) is 0 Å². The van der Waals surface area contributed by atoms with E-state index in [1.165, 1.54) is 12.1 Å².